The highest BCUT2D eigenvalue weighted by Crippen LogP contribution is 2.40. The lowest BCUT2D eigenvalue weighted by Crippen LogP contribution is -2.54. The molecule has 2 aliphatic rings. The normalized spacial score (nSPS) is 20.0. The molecule has 138 valence electrons. The fourth-order valence-corrected chi connectivity index (χ4v) is 4.91. The van der Waals surface area contributed by atoms with Crippen molar-refractivity contribution in [3.8, 4) is 0 Å². The van der Waals surface area contributed by atoms with E-state index in [1.165, 1.54) is 29.7 Å². The Labute approximate surface area is 157 Å². The lowest BCUT2D eigenvalue weighted by molar-refractivity contribution is 0.197. The number of hydrogen-bond acceptors (Lipinski definition) is 3. The third-order valence-corrected chi connectivity index (χ3v) is 6.36. The van der Waals surface area contributed by atoms with Crippen LogP contribution in [0.25, 0.3) is 0 Å². The van der Waals surface area contributed by atoms with Gasteiger partial charge in [-0.15, -0.1) is 0 Å². The summed E-state index contributed by atoms with van der Waals surface area (Å²) in [5.41, 5.74) is 5.54. The van der Waals surface area contributed by atoms with E-state index < -0.39 is 6.10 Å². The van der Waals surface area contributed by atoms with E-state index in [-0.39, 0.29) is 5.54 Å². The molecule has 4 rings (SSSR count). The van der Waals surface area contributed by atoms with E-state index in [1.54, 1.807) is 0 Å². The Morgan fingerprint density at radius 3 is 2.62 bits per heavy atom. The second-order valence-corrected chi connectivity index (χ2v) is 7.88. The Balaban J connectivity index is 1.60. The number of aliphatic hydroxyl groups excluding tert-OH is 1. The van der Waals surface area contributed by atoms with Crippen molar-refractivity contribution in [3.63, 3.8) is 0 Å². The van der Waals surface area contributed by atoms with E-state index in [1.807, 2.05) is 13.0 Å². The monoisotopic (exact) mass is 350 g/mol. The Morgan fingerprint density at radius 1 is 1.08 bits per heavy atom. The Morgan fingerprint density at radius 2 is 1.81 bits per heavy atom. The average Bonchev–Trinajstić information content (AvgIpc) is 3.12. The van der Waals surface area contributed by atoms with E-state index in [0.29, 0.717) is 0 Å². The van der Waals surface area contributed by atoms with Crippen LogP contribution in [0.5, 0.6) is 0 Å². The number of hydrogen-bond donors (Lipinski definition) is 2. The van der Waals surface area contributed by atoms with Gasteiger partial charge in [-0.1, -0.05) is 42.5 Å². The molecule has 1 fully saturated rings. The summed E-state index contributed by atoms with van der Waals surface area (Å²) in [6.45, 7) is 5.20. The summed E-state index contributed by atoms with van der Waals surface area (Å²) in [7, 11) is 0. The van der Waals surface area contributed by atoms with Crippen LogP contribution < -0.4 is 10.2 Å². The Hall–Kier alpha value is -1.84. The van der Waals surface area contributed by atoms with Crippen molar-refractivity contribution in [2.45, 2.75) is 50.7 Å². The Kier molecular flexibility index (Phi) is 5.01. The molecule has 1 saturated heterocycles. The van der Waals surface area contributed by atoms with E-state index in [4.69, 9.17) is 0 Å². The highest BCUT2D eigenvalue weighted by Gasteiger charge is 2.40. The van der Waals surface area contributed by atoms with Crippen molar-refractivity contribution in [1.82, 2.24) is 5.32 Å². The summed E-state index contributed by atoms with van der Waals surface area (Å²) < 4.78 is 0. The van der Waals surface area contributed by atoms with Gasteiger partial charge in [-0.2, -0.15) is 0 Å². The van der Waals surface area contributed by atoms with Crippen molar-refractivity contribution in [2.75, 3.05) is 24.5 Å². The van der Waals surface area contributed by atoms with Crippen LogP contribution in [0.2, 0.25) is 0 Å². The topological polar surface area (TPSA) is 35.5 Å². The maximum Gasteiger partial charge on any atom is 0.0764 e. The van der Waals surface area contributed by atoms with Crippen molar-refractivity contribution in [2.24, 2.45) is 0 Å². The van der Waals surface area contributed by atoms with Crippen LogP contribution in [0.1, 0.15) is 49.0 Å². The summed E-state index contributed by atoms with van der Waals surface area (Å²) in [6.07, 6.45) is 5.32. The number of para-hydroxylation sites is 1. The highest BCUT2D eigenvalue weighted by atomic mass is 16.3. The molecule has 2 aromatic rings. The third kappa shape index (κ3) is 3.26. The predicted octanol–water partition coefficient (Wildman–Crippen LogP) is 3.86. The van der Waals surface area contributed by atoms with Crippen molar-refractivity contribution >= 4 is 5.69 Å². The molecule has 0 saturated carbocycles. The van der Waals surface area contributed by atoms with Gasteiger partial charge in [-0.05, 0) is 74.9 Å². The molecule has 0 amide bonds. The fourth-order valence-electron chi connectivity index (χ4n) is 4.91. The molecule has 3 nitrogen and oxygen atoms in total. The van der Waals surface area contributed by atoms with Crippen LogP contribution in [-0.4, -0.2) is 30.3 Å². The second-order valence-electron chi connectivity index (χ2n) is 7.88. The van der Waals surface area contributed by atoms with Gasteiger partial charge in [0.25, 0.3) is 0 Å². The van der Waals surface area contributed by atoms with Crippen LogP contribution in [-0.2, 0) is 12.8 Å². The molecule has 0 radical (unpaired) electrons. The van der Waals surface area contributed by atoms with E-state index in [0.717, 1.165) is 44.5 Å². The Bertz CT molecular complexity index is 749. The van der Waals surface area contributed by atoms with Crippen molar-refractivity contribution in [1.29, 1.82) is 0 Å². The number of benzene rings is 2. The maximum atomic E-state index is 10.1. The molecular formula is C23H30N2O. The van der Waals surface area contributed by atoms with E-state index in [9.17, 15) is 5.11 Å². The first kappa shape index (κ1) is 17.6. The van der Waals surface area contributed by atoms with Gasteiger partial charge in [0.05, 0.1) is 6.10 Å². The van der Waals surface area contributed by atoms with Crippen LogP contribution in [0.3, 0.4) is 0 Å². The number of rotatable bonds is 5. The lowest BCUT2D eigenvalue weighted by atomic mass is 9.80. The summed E-state index contributed by atoms with van der Waals surface area (Å²) in [5, 5.41) is 13.7. The first-order valence-corrected chi connectivity index (χ1v) is 10.0. The minimum atomic E-state index is -0.400. The average molecular weight is 351 g/mol. The van der Waals surface area contributed by atoms with Gasteiger partial charge in [0.1, 0.15) is 0 Å². The predicted molar refractivity (Wildman–Crippen MR) is 108 cm³/mol. The second kappa shape index (κ2) is 7.42. The quantitative estimate of drug-likeness (QED) is 0.860. The van der Waals surface area contributed by atoms with Gasteiger partial charge >= 0.3 is 0 Å². The molecule has 0 aromatic heterocycles. The molecule has 2 aromatic carbocycles. The third-order valence-electron chi connectivity index (χ3n) is 6.36. The van der Waals surface area contributed by atoms with Crippen LogP contribution >= 0.6 is 0 Å². The largest absolute Gasteiger partial charge is 0.389 e. The molecule has 1 atom stereocenters. The zero-order chi connectivity index (χ0) is 18.0. The SMILES string of the molecule is CC(O)c1ccccc1CCC1(N2CCc3ccccc32)CCNCC1. The number of fused-ring (bicyclic) bond motifs is 1. The van der Waals surface area contributed by atoms with Gasteiger partial charge in [0, 0.05) is 17.8 Å². The van der Waals surface area contributed by atoms with Crippen molar-refractivity contribution in [3.05, 3.63) is 65.2 Å². The summed E-state index contributed by atoms with van der Waals surface area (Å²) in [4.78, 5) is 2.70. The van der Waals surface area contributed by atoms with Crippen LogP contribution in [0.4, 0.5) is 5.69 Å². The number of aryl methyl sites for hydroxylation is 1. The van der Waals surface area contributed by atoms with Gasteiger partial charge in [0.2, 0.25) is 0 Å². The zero-order valence-corrected chi connectivity index (χ0v) is 15.7. The van der Waals surface area contributed by atoms with E-state index >= 15 is 0 Å². The molecular weight excluding hydrogens is 320 g/mol. The first-order chi connectivity index (χ1) is 12.7. The van der Waals surface area contributed by atoms with Gasteiger partial charge < -0.3 is 15.3 Å². The highest BCUT2D eigenvalue weighted by molar-refractivity contribution is 5.60. The minimum Gasteiger partial charge on any atom is -0.389 e. The van der Waals surface area contributed by atoms with Crippen LogP contribution in [0, 0.1) is 0 Å². The zero-order valence-electron chi connectivity index (χ0n) is 15.7. The number of nitrogens with one attached hydrogen (secondary N) is 1. The van der Waals surface area contributed by atoms with E-state index in [2.05, 4.69) is 52.7 Å². The maximum absolute atomic E-state index is 10.1. The number of piperidine rings is 1. The molecule has 2 heterocycles. The summed E-state index contributed by atoms with van der Waals surface area (Å²) >= 11 is 0. The summed E-state index contributed by atoms with van der Waals surface area (Å²) in [6, 6.07) is 17.3. The number of aliphatic hydroxyl groups is 1. The fraction of sp³-hybridized carbons (Fsp3) is 0.478. The molecule has 0 bridgehead atoms. The van der Waals surface area contributed by atoms with Crippen LogP contribution in [0.15, 0.2) is 48.5 Å². The summed E-state index contributed by atoms with van der Waals surface area (Å²) in [5.74, 6) is 0. The molecule has 2 N–H and O–H groups in total. The molecule has 2 aliphatic heterocycles. The van der Waals surface area contributed by atoms with Gasteiger partial charge in [-0.25, -0.2) is 0 Å². The van der Waals surface area contributed by atoms with Crippen molar-refractivity contribution < 1.29 is 5.11 Å². The molecule has 0 spiro atoms. The molecule has 3 heteroatoms. The minimum absolute atomic E-state index is 0.226. The molecule has 0 aliphatic carbocycles. The van der Waals surface area contributed by atoms with Gasteiger partial charge in [-0.3, -0.25) is 0 Å². The molecule has 1 unspecified atom stereocenters. The lowest BCUT2D eigenvalue weighted by Gasteiger charge is -2.47. The first-order valence-electron chi connectivity index (χ1n) is 10.0. The standard InChI is InChI=1S/C23H30N2O/c1-18(26)21-8-4-2-6-19(21)10-12-23(13-15-24-16-14-23)25-17-11-20-7-3-5-9-22(20)25/h2-9,18,24,26H,10-17H2,1H3. The number of nitrogens with zero attached hydrogens (tertiary/aromatic N) is 1. The smallest absolute Gasteiger partial charge is 0.0764 e. The van der Waals surface area contributed by atoms with Gasteiger partial charge in [0.15, 0.2) is 0 Å². The molecule has 26 heavy (non-hydrogen) atoms. The number of anilines is 1.